The number of nitro groups is 1. The summed E-state index contributed by atoms with van der Waals surface area (Å²) in [6, 6.07) is 2.95. The number of hydrogen-bond donors (Lipinski definition) is 1. The summed E-state index contributed by atoms with van der Waals surface area (Å²) in [4.78, 5) is 48.1. The van der Waals surface area contributed by atoms with Gasteiger partial charge < -0.3 is 19.2 Å². The second-order valence-electron chi connectivity index (χ2n) is 6.99. The van der Waals surface area contributed by atoms with Gasteiger partial charge in [-0.1, -0.05) is 6.92 Å². The van der Waals surface area contributed by atoms with Gasteiger partial charge in [0.2, 0.25) is 0 Å². The Kier molecular flexibility index (Phi) is 7.79. The maximum Gasteiger partial charge on any atom is 0.348 e. The number of aromatic nitrogens is 2. The van der Waals surface area contributed by atoms with Gasteiger partial charge in [0.1, 0.15) is 28.0 Å². The van der Waals surface area contributed by atoms with Crippen LogP contribution in [0, 0.1) is 17.0 Å². The summed E-state index contributed by atoms with van der Waals surface area (Å²) in [6.45, 7) is 5.49. The van der Waals surface area contributed by atoms with E-state index in [4.69, 9.17) is 13.9 Å². The van der Waals surface area contributed by atoms with E-state index in [2.05, 4.69) is 10.4 Å². The zero-order chi connectivity index (χ0) is 24.8. The van der Waals surface area contributed by atoms with E-state index in [0.717, 1.165) is 17.5 Å². The number of nitrogens with one attached hydrogen (secondary N) is 1. The Bertz CT molecular complexity index is 1230. The molecule has 0 unspecified atom stereocenters. The molecule has 3 heterocycles. The highest BCUT2D eigenvalue weighted by Crippen LogP contribution is 2.34. The molecule has 0 atom stereocenters. The lowest BCUT2D eigenvalue weighted by molar-refractivity contribution is -0.385. The fourth-order valence-electron chi connectivity index (χ4n) is 2.95. The van der Waals surface area contributed by atoms with Crippen molar-refractivity contribution in [2.24, 2.45) is 0 Å². The molecule has 0 saturated carbocycles. The molecular weight excluding hydrogens is 468 g/mol. The predicted octanol–water partition coefficient (Wildman–Crippen LogP) is 3.80. The quantitative estimate of drug-likeness (QED) is 0.254. The highest BCUT2D eigenvalue weighted by Gasteiger charge is 2.28. The minimum absolute atomic E-state index is 0.0618. The molecule has 1 amide bonds. The van der Waals surface area contributed by atoms with Gasteiger partial charge in [0.15, 0.2) is 5.76 Å². The third kappa shape index (κ3) is 5.49. The van der Waals surface area contributed by atoms with Crippen molar-refractivity contribution in [3.8, 4) is 0 Å². The number of ether oxygens (including phenoxy) is 2. The van der Waals surface area contributed by atoms with Crippen molar-refractivity contribution in [1.82, 2.24) is 9.78 Å². The van der Waals surface area contributed by atoms with Gasteiger partial charge in [-0.2, -0.15) is 5.10 Å². The highest BCUT2D eigenvalue weighted by molar-refractivity contribution is 7.18. The molecule has 0 fully saturated rings. The van der Waals surface area contributed by atoms with E-state index < -0.39 is 22.8 Å². The first-order valence-electron chi connectivity index (χ1n) is 10.3. The molecule has 0 bridgehead atoms. The Morgan fingerprint density at radius 3 is 2.65 bits per heavy atom. The lowest BCUT2D eigenvalue weighted by Crippen LogP contribution is -2.14. The number of nitrogens with zero attached hydrogens (tertiary/aromatic N) is 3. The van der Waals surface area contributed by atoms with Crippen molar-refractivity contribution in [2.75, 3.05) is 18.5 Å². The van der Waals surface area contributed by atoms with E-state index in [0.29, 0.717) is 17.7 Å². The van der Waals surface area contributed by atoms with Crippen LogP contribution in [0.1, 0.15) is 62.2 Å². The average Bonchev–Trinajstić information content (AvgIpc) is 3.52. The van der Waals surface area contributed by atoms with E-state index in [1.54, 1.807) is 13.8 Å². The zero-order valence-corrected chi connectivity index (χ0v) is 19.5. The first-order valence-corrected chi connectivity index (χ1v) is 11.1. The molecule has 0 aromatic carbocycles. The Balaban J connectivity index is 1.81. The number of carbonyl (C=O) groups is 3. The number of rotatable bonds is 10. The van der Waals surface area contributed by atoms with Gasteiger partial charge in [0, 0.05) is 0 Å². The lowest BCUT2D eigenvalue weighted by Gasteiger charge is -2.07. The van der Waals surface area contributed by atoms with Gasteiger partial charge in [0.05, 0.1) is 30.2 Å². The van der Waals surface area contributed by atoms with Crippen molar-refractivity contribution in [3.63, 3.8) is 0 Å². The minimum Gasteiger partial charge on any atom is -0.462 e. The molecule has 0 aliphatic heterocycles. The van der Waals surface area contributed by atoms with Gasteiger partial charge >= 0.3 is 17.6 Å². The SMILES string of the molecule is CCCOC(=O)c1c(NC(=O)c2ccc(Cn3cc([N+](=O)[O-])cn3)o2)sc(C(=O)OCC)c1C. The van der Waals surface area contributed by atoms with Crippen LogP contribution in [0.2, 0.25) is 0 Å². The monoisotopic (exact) mass is 490 g/mol. The van der Waals surface area contributed by atoms with Crippen molar-refractivity contribution >= 4 is 39.9 Å². The molecule has 1 N–H and O–H groups in total. The Hall–Kier alpha value is -4.00. The average molecular weight is 490 g/mol. The number of thiophene rings is 1. The summed E-state index contributed by atoms with van der Waals surface area (Å²) in [6.07, 6.45) is 2.95. The maximum atomic E-state index is 12.8. The Labute approximate surface area is 197 Å². The van der Waals surface area contributed by atoms with Crippen molar-refractivity contribution in [3.05, 3.63) is 62.2 Å². The Morgan fingerprint density at radius 1 is 1.24 bits per heavy atom. The van der Waals surface area contributed by atoms with Gasteiger partial charge in [-0.05, 0) is 38.0 Å². The molecule has 3 rings (SSSR count). The van der Waals surface area contributed by atoms with E-state index >= 15 is 0 Å². The van der Waals surface area contributed by atoms with Crippen LogP contribution in [0.5, 0.6) is 0 Å². The largest absolute Gasteiger partial charge is 0.462 e. The van der Waals surface area contributed by atoms with E-state index in [1.807, 2.05) is 6.92 Å². The zero-order valence-electron chi connectivity index (χ0n) is 18.7. The second kappa shape index (κ2) is 10.7. The third-order valence-electron chi connectivity index (χ3n) is 4.51. The fraction of sp³-hybridized carbons (Fsp3) is 0.333. The second-order valence-corrected chi connectivity index (χ2v) is 8.01. The van der Waals surface area contributed by atoms with Crippen molar-refractivity contribution < 1.29 is 33.2 Å². The van der Waals surface area contributed by atoms with E-state index in [1.165, 1.54) is 23.0 Å². The summed E-state index contributed by atoms with van der Waals surface area (Å²) in [7, 11) is 0. The number of furan rings is 1. The summed E-state index contributed by atoms with van der Waals surface area (Å²) in [5.74, 6) is -1.65. The first kappa shape index (κ1) is 24.6. The normalized spacial score (nSPS) is 10.7. The molecule has 180 valence electrons. The molecule has 34 heavy (non-hydrogen) atoms. The first-order chi connectivity index (χ1) is 16.2. The topological polar surface area (TPSA) is 156 Å². The highest BCUT2D eigenvalue weighted by atomic mass is 32.1. The molecule has 12 nitrogen and oxygen atoms in total. The van der Waals surface area contributed by atoms with Crippen LogP contribution in [0.25, 0.3) is 0 Å². The molecule has 3 aromatic rings. The molecule has 3 aromatic heterocycles. The van der Waals surface area contributed by atoms with Crippen LogP contribution < -0.4 is 5.32 Å². The Morgan fingerprint density at radius 2 is 2.00 bits per heavy atom. The maximum absolute atomic E-state index is 12.8. The molecular formula is C21H22N4O8S. The van der Waals surface area contributed by atoms with Gasteiger partial charge in [0.25, 0.3) is 5.91 Å². The number of hydrogen-bond acceptors (Lipinski definition) is 10. The molecule has 13 heteroatoms. The van der Waals surface area contributed by atoms with E-state index in [9.17, 15) is 24.5 Å². The standard InChI is InChI=1S/C21H22N4O8S/c1-4-8-32-20(27)16-12(3)17(21(28)31-5-2)34-19(16)23-18(26)15-7-6-14(33-15)11-24-10-13(9-22-24)25(29)30/h6-7,9-10H,4-5,8,11H2,1-3H3,(H,23,26). The van der Waals surface area contributed by atoms with Crippen LogP contribution >= 0.6 is 11.3 Å². The third-order valence-corrected chi connectivity index (χ3v) is 5.70. The van der Waals surface area contributed by atoms with Gasteiger partial charge in [-0.3, -0.25) is 19.6 Å². The van der Waals surface area contributed by atoms with E-state index in [-0.39, 0.29) is 46.6 Å². The van der Waals surface area contributed by atoms with Crippen LogP contribution in [-0.4, -0.2) is 45.8 Å². The number of esters is 2. The fourth-order valence-corrected chi connectivity index (χ4v) is 4.03. The lowest BCUT2D eigenvalue weighted by atomic mass is 10.1. The van der Waals surface area contributed by atoms with Crippen molar-refractivity contribution in [2.45, 2.75) is 33.7 Å². The molecule has 0 saturated heterocycles. The van der Waals surface area contributed by atoms with Crippen LogP contribution in [0.4, 0.5) is 10.7 Å². The summed E-state index contributed by atoms with van der Waals surface area (Å²) >= 11 is 0.907. The van der Waals surface area contributed by atoms with Crippen LogP contribution in [-0.2, 0) is 16.0 Å². The summed E-state index contributed by atoms with van der Waals surface area (Å²) < 4.78 is 17.1. The predicted molar refractivity (Wildman–Crippen MR) is 120 cm³/mol. The van der Waals surface area contributed by atoms with Gasteiger partial charge in [-0.15, -0.1) is 11.3 Å². The number of amides is 1. The van der Waals surface area contributed by atoms with Crippen molar-refractivity contribution in [1.29, 1.82) is 0 Å². The molecule has 0 aliphatic carbocycles. The smallest absolute Gasteiger partial charge is 0.348 e. The summed E-state index contributed by atoms with van der Waals surface area (Å²) in [5.41, 5.74) is 0.253. The minimum atomic E-state index is -0.665. The molecule has 0 radical (unpaired) electrons. The molecule has 0 spiro atoms. The molecule has 0 aliphatic rings. The van der Waals surface area contributed by atoms with Crippen LogP contribution in [0.15, 0.2) is 28.9 Å². The van der Waals surface area contributed by atoms with Crippen LogP contribution in [0.3, 0.4) is 0 Å². The number of anilines is 1. The number of carbonyl (C=O) groups excluding carboxylic acids is 3. The summed E-state index contributed by atoms with van der Waals surface area (Å²) in [5, 5.41) is 17.4. The van der Waals surface area contributed by atoms with Gasteiger partial charge in [-0.25, -0.2) is 9.59 Å².